The smallest absolute Gasteiger partial charge is 0.275 e. The molecular formula is C17H13N7O4. The van der Waals surface area contributed by atoms with Crippen molar-refractivity contribution in [2.75, 3.05) is 12.4 Å². The average Bonchev–Trinajstić information content (AvgIpc) is 3.23. The summed E-state index contributed by atoms with van der Waals surface area (Å²) >= 11 is 0. The van der Waals surface area contributed by atoms with Crippen molar-refractivity contribution >= 4 is 16.9 Å². The van der Waals surface area contributed by atoms with Gasteiger partial charge >= 0.3 is 0 Å². The number of H-pyrrole nitrogens is 1. The standard InChI is InChI=1S/C17H13N7O4/c1-27-14-2-4-15(5-3-14)28-16-7-12(6-13(8-16)24(25)26)19-10-11(9-18)17-20-22-23-21-17/h2-8,10,19H,1H3,(H,20,21,22,23). The number of benzene rings is 2. The molecule has 0 unspecified atom stereocenters. The number of non-ortho nitro benzene ring substituents is 1. The number of aromatic nitrogens is 4. The van der Waals surface area contributed by atoms with Gasteiger partial charge in [0.05, 0.1) is 18.1 Å². The number of anilines is 1. The van der Waals surface area contributed by atoms with E-state index in [4.69, 9.17) is 9.47 Å². The maximum absolute atomic E-state index is 11.2. The fourth-order valence-electron chi connectivity index (χ4n) is 2.19. The summed E-state index contributed by atoms with van der Waals surface area (Å²) in [6.45, 7) is 0. The molecule has 0 aliphatic rings. The Morgan fingerprint density at radius 3 is 2.61 bits per heavy atom. The third-order valence-electron chi connectivity index (χ3n) is 3.49. The second kappa shape index (κ2) is 8.28. The molecule has 28 heavy (non-hydrogen) atoms. The number of nitrogens with one attached hydrogen (secondary N) is 2. The molecule has 140 valence electrons. The van der Waals surface area contributed by atoms with Gasteiger partial charge in [-0.25, -0.2) is 0 Å². The van der Waals surface area contributed by atoms with Gasteiger partial charge in [-0.2, -0.15) is 10.5 Å². The summed E-state index contributed by atoms with van der Waals surface area (Å²) in [6, 6.07) is 12.8. The molecule has 0 bridgehead atoms. The van der Waals surface area contributed by atoms with Gasteiger partial charge < -0.3 is 14.8 Å². The van der Waals surface area contributed by atoms with Crippen molar-refractivity contribution in [2.24, 2.45) is 0 Å². The molecule has 0 fully saturated rings. The topological polar surface area (TPSA) is 152 Å². The molecule has 1 heterocycles. The monoisotopic (exact) mass is 379 g/mol. The quantitative estimate of drug-likeness (QED) is 0.358. The highest BCUT2D eigenvalue weighted by atomic mass is 16.6. The van der Waals surface area contributed by atoms with Crippen molar-refractivity contribution < 1.29 is 14.4 Å². The first-order valence-electron chi connectivity index (χ1n) is 7.81. The van der Waals surface area contributed by atoms with Crippen LogP contribution < -0.4 is 14.8 Å². The summed E-state index contributed by atoms with van der Waals surface area (Å²) in [7, 11) is 1.55. The van der Waals surface area contributed by atoms with Crippen LogP contribution in [0.5, 0.6) is 17.2 Å². The van der Waals surface area contributed by atoms with E-state index in [1.807, 2.05) is 6.07 Å². The third kappa shape index (κ3) is 4.38. The van der Waals surface area contributed by atoms with E-state index in [0.717, 1.165) is 0 Å². The second-order valence-electron chi connectivity index (χ2n) is 5.30. The minimum absolute atomic E-state index is 0.0927. The van der Waals surface area contributed by atoms with Crippen molar-refractivity contribution in [2.45, 2.75) is 0 Å². The Kier molecular flexibility index (Phi) is 5.42. The molecule has 0 saturated carbocycles. The number of nitro benzene ring substituents is 1. The van der Waals surface area contributed by atoms with Crippen LogP contribution in [0.25, 0.3) is 5.57 Å². The van der Waals surface area contributed by atoms with Crippen LogP contribution in [0.3, 0.4) is 0 Å². The molecule has 0 amide bonds. The number of methoxy groups -OCH3 is 1. The van der Waals surface area contributed by atoms with Crippen LogP contribution in [-0.2, 0) is 0 Å². The highest BCUT2D eigenvalue weighted by Gasteiger charge is 2.12. The van der Waals surface area contributed by atoms with E-state index in [1.54, 1.807) is 37.4 Å². The van der Waals surface area contributed by atoms with Crippen molar-refractivity contribution in [1.29, 1.82) is 5.26 Å². The summed E-state index contributed by atoms with van der Waals surface area (Å²) in [5, 5.41) is 36.3. The molecule has 0 saturated heterocycles. The normalized spacial score (nSPS) is 10.8. The first-order valence-corrected chi connectivity index (χ1v) is 7.81. The predicted octanol–water partition coefficient (Wildman–Crippen LogP) is 2.89. The van der Waals surface area contributed by atoms with Crippen molar-refractivity contribution in [1.82, 2.24) is 20.6 Å². The van der Waals surface area contributed by atoms with Crippen LogP contribution in [0.4, 0.5) is 11.4 Å². The molecule has 0 spiro atoms. The van der Waals surface area contributed by atoms with Gasteiger partial charge in [-0.15, -0.1) is 10.2 Å². The lowest BCUT2D eigenvalue weighted by Crippen LogP contribution is -1.96. The molecule has 0 atom stereocenters. The Labute approximate surface area is 158 Å². The average molecular weight is 379 g/mol. The lowest BCUT2D eigenvalue weighted by atomic mass is 10.2. The number of ether oxygens (including phenoxy) is 2. The minimum atomic E-state index is -0.542. The highest BCUT2D eigenvalue weighted by molar-refractivity contribution is 5.74. The van der Waals surface area contributed by atoms with Crippen LogP contribution in [0.1, 0.15) is 5.82 Å². The number of nitrogens with zero attached hydrogens (tertiary/aromatic N) is 5. The number of rotatable bonds is 7. The van der Waals surface area contributed by atoms with Gasteiger partial charge in [-0.1, -0.05) is 0 Å². The van der Waals surface area contributed by atoms with E-state index in [2.05, 4.69) is 25.9 Å². The van der Waals surface area contributed by atoms with Gasteiger partial charge in [0, 0.05) is 24.0 Å². The number of nitriles is 1. The molecule has 1 aromatic heterocycles. The Morgan fingerprint density at radius 2 is 2.00 bits per heavy atom. The highest BCUT2D eigenvalue weighted by Crippen LogP contribution is 2.30. The summed E-state index contributed by atoms with van der Waals surface area (Å²) in [4.78, 5) is 10.7. The fourth-order valence-corrected chi connectivity index (χ4v) is 2.19. The zero-order chi connectivity index (χ0) is 19.9. The van der Waals surface area contributed by atoms with Gasteiger partial charge in [0.25, 0.3) is 5.69 Å². The predicted molar refractivity (Wildman–Crippen MR) is 97.6 cm³/mol. The van der Waals surface area contributed by atoms with Crippen LogP contribution in [0.15, 0.2) is 48.7 Å². The molecule has 0 radical (unpaired) electrons. The number of aromatic amines is 1. The number of allylic oxidation sites excluding steroid dienone is 1. The van der Waals surface area contributed by atoms with E-state index in [9.17, 15) is 15.4 Å². The molecule has 11 nitrogen and oxygen atoms in total. The van der Waals surface area contributed by atoms with Crippen LogP contribution >= 0.6 is 0 Å². The van der Waals surface area contributed by atoms with E-state index in [-0.39, 0.29) is 22.8 Å². The maximum atomic E-state index is 11.2. The SMILES string of the molecule is COc1ccc(Oc2cc(NC=C(C#N)c3nn[nH]n3)cc([N+](=O)[O-])c2)cc1. The van der Waals surface area contributed by atoms with Gasteiger partial charge in [0.15, 0.2) is 0 Å². The van der Waals surface area contributed by atoms with Gasteiger partial charge in [-0.3, -0.25) is 10.1 Å². The molecule has 3 aromatic rings. The fraction of sp³-hybridized carbons (Fsp3) is 0.0588. The number of hydrogen-bond donors (Lipinski definition) is 2. The first-order chi connectivity index (χ1) is 13.6. The van der Waals surface area contributed by atoms with Gasteiger partial charge in [-0.05, 0) is 29.5 Å². The molecule has 0 aliphatic heterocycles. The van der Waals surface area contributed by atoms with E-state index >= 15 is 0 Å². The molecule has 0 aliphatic carbocycles. The second-order valence-corrected chi connectivity index (χ2v) is 5.30. The van der Waals surface area contributed by atoms with Gasteiger partial charge in [0.2, 0.25) is 5.82 Å². The summed E-state index contributed by atoms with van der Waals surface area (Å²) in [5.41, 5.74) is 0.256. The first kappa shape index (κ1) is 18.3. The zero-order valence-corrected chi connectivity index (χ0v) is 14.5. The van der Waals surface area contributed by atoms with Crippen LogP contribution in [0.2, 0.25) is 0 Å². The summed E-state index contributed by atoms with van der Waals surface area (Å²) < 4.78 is 10.8. The number of hydrogen-bond acceptors (Lipinski definition) is 9. The third-order valence-corrected chi connectivity index (χ3v) is 3.49. The lowest BCUT2D eigenvalue weighted by molar-refractivity contribution is -0.384. The number of tetrazole rings is 1. The largest absolute Gasteiger partial charge is 0.497 e. The van der Waals surface area contributed by atoms with Crippen molar-refractivity contribution in [3.05, 3.63) is 64.6 Å². The van der Waals surface area contributed by atoms with Crippen molar-refractivity contribution in [3.63, 3.8) is 0 Å². The zero-order valence-electron chi connectivity index (χ0n) is 14.5. The number of nitro groups is 1. The van der Waals surface area contributed by atoms with Crippen molar-refractivity contribution in [3.8, 4) is 23.3 Å². The molecule has 2 aromatic carbocycles. The van der Waals surface area contributed by atoms with E-state index in [0.29, 0.717) is 17.2 Å². The molecule has 3 rings (SSSR count). The van der Waals surface area contributed by atoms with Crippen LogP contribution in [-0.4, -0.2) is 32.7 Å². The Morgan fingerprint density at radius 1 is 1.25 bits per heavy atom. The molecule has 11 heteroatoms. The maximum Gasteiger partial charge on any atom is 0.275 e. The van der Waals surface area contributed by atoms with E-state index < -0.39 is 4.92 Å². The van der Waals surface area contributed by atoms with Gasteiger partial charge in [0.1, 0.15) is 28.9 Å². The summed E-state index contributed by atoms with van der Waals surface area (Å²) in [6.07, 6.45) is 1.32. The molecule has 2 N–H and O–H groups in total. The summed E-state index contributed by atoms with van der Waals surface area (Å²) in [5.74, 6) is 1.47. The minimum Gasteiger partial charge on any atom is -0.497 e. The Balaban J connectivity index is 1.86. The Hall–Kier alpha value is -4.46. The lowest BCUT2D eigenvalue weighted by Gasteiger charge is -2.09. The van der Waals surface area contributed by atoms with Crippen LogP contribution in [0, 0.1) is 21.4 Å². The Bertz CT molecular complexity index is 1040. The van der Waals surface area contributed by atoms with E-state index in [1.165, 1.54) is 18.3 Å². The molecular weight excluding hydrogens is 366 g/mol.